The molecule has 1 amide bonds. The normalized spacial score (nSPS) is 18.5. The summed E-state index contributed by atoms with van der Waals surface area (Å²) in [6.45, 7) is 0.719. The van der Waals surface area contributed by atoms with E-state index in [4.69, 9.17) is 16.7 Å². The summed E-state index contributed by atoms with van der Waals surface area (Å²) in [6.07, 6.45) is 2.29. The van der Waals surface area contributed by atoms with E-state index in [0.29, 0.717) is 23.8 Å². The van der Waals surface area contributed by atoms with E-state index in [1.807, 2.05) is 0 Å². The SMILES string of the molecule is O=C(O)CCC1CCCN(C(=O)CNS(=O)(=O)c2ccc(Cl)s2)C1. The van der Waals surface area contributed by atoms with Gasteiger partial charge in [0.15, 0.2) is 0 Å². The van der Waals surface area contributed by atoms with Gasteiger partial charge in [0.1, 0.15) is 4.21 Å². The first-order valence-electron chi connectivity index (χ1n) is 7.52. The molecule has 0 aromatic carbocycles. The summed E-state index contributed by atoms with van der Waals surface area (Å²) in [5.74, 6) is -1.01. The number of hydrogen-bond acceptors (Lipinski definition) is 5. The van der Waals surface area contributed by atoms with Gasteiger partial charge in [0.25, 0.3) is 10.0 Å². The molecule has 1 aliphatic rings. The van der Waals surface area contributed by atoms with Gasteiger partial charge in [0.05, 0.1) is 10.9 Å². The van der Waals surface area contributed by atoms with Crippen molar-refractivity contribution in [1.82, 2.24) is 9.62 Å². The van der Waals surface area contributed by atoms with E-state index in [-0.39, 0.29) is 29.0 Å². The number of nitrogens with one attached hydrogen (secondary N) is 1. The molecule has 0 aliphatic carbocycles. The van der Waals surface area contributed by atoms with E-state index in [2.05, 4.69) is 4.72 Å². The molecule has 2 heterocycles. The predicted octanol–water partition coefficient (Wildman–Crippen LogP) is 1.78. The Morgan fingerprint density at radius 3 is 2.79 bits per heavy atom. The number of carbonyl (C=O) groups is 2. The minimum atomic E-state index is -3.75. The molecule has 1 aliphatic heterocycles. The highest BCUT2D eigenvalue weighted by molar-refractivity contribution is 7.91. The first-order chi connectivity index (χ1) is 11.3. The maximum absolute atomic E-state index is 12.2. The van der Waals surface area contributed by atoms with Gasteiger partial charge in [-0.3, -0.25) is 9.59 Å². The second kappa shape index (κ2) is 8.28. The molecule has 0 radical (unpaired) electrons. The molecule has 1 fully saturated rings. The smallest absolute Gasteiger partial charge is 0.303 e. The third-order valence-electron chi connectivity index (χ3n) is 3.86. The summed E-state index contributed by atoms with van der Waals surface area (Å²) in [7, 11) is -3.75. The van der Waals surface area contributed by atoms with Crippen molar-refractivity contribution in [3.05, 3.63) is 16.5 Å². The molecule has 1 unspecified atom stereocenters. The molecule has 2 rings (SSSR count). The van der Waals surface area contributed by atoms with Gasteiger partial charge in [-0.1, -0.05) is 11.6 Å². The molecule has 0 bridgehead atoms. The molecular formula is C14H19ClN2O5S2. The zero-order valence-corrected chi connectivity index (χ0v) is 15.3. The van der Waals surface area contributed by atoms with Gasteiger partial charge in [-0.2, -0.15) is 0 Å². The monoisotopic (exact) mass is 394 g/mol. The molecule has 1 atom stereocenters. The topological polar surface area (TPSA) is 104 Å². The fraction of sp³-hybridized carbons (Fsp3) is 0.571. The van der Waals surface area contributed by atoms with E-state index < -0.39 is 16.0 Å². The van der Waals surface area contributed by atoms with Gasteiger partial charge in [-0.15, -0.1) is 11.3 Å². The number of hydrogen-bond donors (Lipinski definition) is 2. The number of nitrogens with zero attached hydrogens (tertiary/aromatic N) is 1. The lowest BCUT2D eigenvalue weighted by atomic mass is 9.93. The standard InChI is InChI=1S/C14H19ClN2O5S2/c15-11-4-6-14(23-11)24(21,22)16-8-12(18)17-7-1-2-10(9-17)3-5-13(19)20/h4,6,10,16H,1-3,5,7-9H2,(H,19,20). The van der Waals surface area contributed by atoms with E-state index in [1.165, 1.54) is 12.1 Å². The van der Waals surface area contributed by atoms with Gasteiger partial charge in [0, 0.05) is 19.5 Å². The number of piperidine rings is 1. The van der Waals surface area contributed by atoms with Crippen LogP contribution in [0.5, 0.6) is 0 Å². The van der Waals surface area contributed by atoms with E-state index in [1.54, 1.807) is 4.90 Å². The molecule has 24 heavy (non-hydrogen) atoms. The van der Waals surface area contributed by atoms with Gasteiger partial charge in [-0.25, -0.2) is 13.1 Å². The molecular weight excluding hydrogens is 376 g/mol. The lowest BCUT2D eigenvalue weighted by Crippen LogP contribution is -2.45. The first-order valence-corrected chi connectivity index (χ1v) is 10.2. The van der Waals surface area contributed by atoms with Gasteiger partial charge >= 0.3 is 5.97 Å². The predicted molar refractivity (Wildman–Crippen MR) is 90.7 cm³/mol. The number of aliphatic carboxylic acids is 1. The van der Waals surface area contributed by atoms with E-state index in [0.717, 1.165) is 24.2 Å². The number of carbonyl (C=O) groups excluding carboxylic acids is 1. The maximum atomic E-state index is 12.2. The Balaban J connectivity index is 1.86. The highest BCUT2D eigenvalue weighted by Gasteiger charge is 2.25. The Morgan fingerprint density at radius 1 is 1.42 bits per heavy atom. The average molecular weight is 395 g/mol. The number of halogens is 1. The van der Waals surface area contributed by atoms with Crippen LogP contribution < -0.4 is 4.72 Å². The molecule has 1 saturated heterocycles. The number of likely N-dealkylation sites (tertiary alicyclic amines) is 1. The third-order valence-corrected chi connectivity index (χ3v) is 6.99. The molecule has 1 aromatic heterocycles. The summed E-state index contributed by atoms with van der Waals surface area (Å²) < 4.78 is 26.9. The van der Waals surface area contributed by atoms with Crippen LogP contribution in [0.25, 0.3) is 0 Å². The lowest BCUT2D eigenvalue weighted by molar-refractivity contribution is -0.137. The lowest BCUT2D eigenvalue weighted by Gasteiger charge is -2.32. The summed E-state index contributed by atoms with van der Waals surface area (Å²) in [5, 5.41) is 8.74. The van der Waals surface area contributed by atoms with Gasteiger partial charge in [0.2, 0.25) is 5.91 Å². The van der Waals surface area contributed by atoms with Crippen molar-refractivity contribution in [2.75, 3.05) is 19.6 Å². The van der Waals surface area contributed by atoms with Crippen molar-refractivity contribution in [1.29, 1.82) is 0 Å². The number of sulfonamides is 1. The summed E-state index contributed by atoms with van der Waals surface area (Å²) in [6, 6.07) is 2.88. The van der Waals surface area contributed by atoms with E-state index >= 15 is 0 Å². The summed E-state index contributed by atoms with van der Waals surface area (Å²) in [4.78, 5) is 24.5. The van der Waals surface area contributed by atoms with E-state index in [9.17, 15) is 18.0 Å². The second-order valence-electron chi connectivity index (χ2n) is 5.66. The number of carboxylic acids is 1. The highest BCUT2D eigenvalue weighted by Crippen LogP contribution is 2.25. The quantitative estimate of drug-likeness (QED) is 0.733. The number of rotatable bonds is 7. The van der Waals surface area contributed by atoms with Crippen molar-refractivity contribution in [3.63, 3.8) is 0 Å². The Bertz CT molecular complexity index is 704. The average Bonchev–Trinajstić information content (AvgIpc) is 2.98. The zero-order chi connectivity index (χ0) is 17.7. The molecule has 134 valence electrons. The molecule has 7 nitrogen and oxygen atoms in total. The van der Waals surface area contributed by atoms with Crippen molar-refractivity contribution >= 4 is 44.8 Å². The molecule has 0 saturated carbocycles. The van der Waals surface area contributed by atoms with Crippen molar-refractivity contribution in [2.45, 2.75) is 29.9 Å². The van der Waals surface area contributed by atoms with Crippen LogP contribution in [0.2, 0.25) is 4.34 Å². The Hall–Kier alpha value is -1.16. The van der Waals surface area contributed by atoms with Crippen LogP contribution in [0.1, 0.15) is 25.7 Å². The minimum Gasteiger partial charge on any atom is -0.481 e. The Labute approximate surface area is 149 Å². The number of carboxylic acid groups (broad SMARTS) is 1. The molecule has 0 spiro atoms. The second-order valence-corrected chi connectivity index (χ2v) is 9.37. The number of amides is 1. The molecule has 2 N–H and O–H groups in total. The fourth-order valence-electron chi connectivity index (χ4n) is 2.64. The fourth-order valence-corrected chi connectivity index (χ4v) is 5.14. The van der Waals surface area contributed by atoms with Gasteiger partial charge < -0.3 is 10.0 Å². The van der Waals surface area contributed by atoms with Crippen LogP contribution in [0, 0.1) is 5.92 Å². The summed E-state index contributed by atoms with van der Waals surface area (Å²) in [5.41, 5.74) is 0. The molecule has 1 aromatic rings. The van der Waals surface area contributed by atoms with Gasteiger partial charge in [-0.05, 0) is 37.3 Å². The van der Waals surface area contributed by atoms with Crippen LogP contribution >= 0.6 is 22.9 Å². The van der Waals surface area contributed by atoms with Crippen LogP contribution in [0.4, 0.5) is 0 Å². The van der Waals surface area contributed by atoms with Crippen LogP contribution in [-0.2, 0) is 19.6 Å². The minimum absolute atomic E-state index is 0.0679. The van der Waals surface area contributed by atoms with Crippen molar-refractivity contribution in [2.24, 2.45) is 5.92 Å². The Kier molecular flexibility index (Phi) is 6.62. The molecule has 10 heteroatoms. The first kappa shape index (κ1) is 19.2. The third kappa shape index (κ3) is 5.44. The summed E-state index contributed by atoms with van der Waals surface area (Å²) >= 11 is 6.65. The highest BCUT2D eigenvalue weighted by atomic mass is 35.5. The van der Waals surface area contributed by atoms with Crippen molar-refractivity contribution in [3.8, 4) is 0 Å². The van der Waals surface area contributed by atoms with Crippen LogP contribution in [0.3, 0.4) is 0 Å². The number of thiophene rings is 1. The van der Waals surface area contributed by atoms with Crippen molar-refractivity contribution < 1.29 is 23.1 Å². The van der Waals surface area contributed by atoms with Crippen LogP contribution in [-0.4, -0.2) is 49.9 Å². The maximum Gasteiger partial charge on any atom is 0.303 e. The zero-order valence-electron chi connectivity index (χ0n) is 12.9. The van der Waals surface area contributed by atoms with Crippen LogP contribution in [0.15, 0.2) is 16.3 Å². The Morgan fingerprint density at radius 2 is 2.17 bits per heavy atom. The largest absolute Gasteiger partial charge is 0.481 e.